The number of sulfonamides is 1. The van der Waals surface area contributed by atoms with Crippen molar-refractivity contribution in [3.05, 3.63) is 130 Å². The number of benzene rings is 4. The van der Waals surface area contributed by atoms with Crippen molar-refractivity contribution in [3.8, 4) is 22.5 Å². The maximum absolute atomic E-state index is 14.3. The lowest BCUT2D eigenvalue weighted by Crippen LogP contribution is -2.56. The Bertz CT molecular complexity index is 4080. The van der Waals surface area contributed by atoms with Crippen LogP contribution in [-0.4, -0.2) is 148 Å². The lowest BCUT2D eigenvalue weighted by Gasteiger charge is -2.31. The number of likely N-dealkylation sites (tertiary alicyclic amines) is 1. The molecule has 3 aliphatic rings. The largest absolute Gasteiger partial charge is 0.456 e. The molecule has 1 fully saturated rings. The van der Waals surface area contributed by atoms with E-state index >= 15 is 0 Å². The average Bonchev–Trinajstić information content (AvgIpc) is 1.22. The molecule has 0 saturated carbocycles. The van der Waals surface area contributed by atoms with Crippen LogP contribution in [0.1, 0.15) is 141 Å². The molecule has 0 radical (unpaired) electrons. The number of thiazole rings is 1. The van der Waals surface area contributed by atoms with Crippen LogP contribution in [0.3, 0.4) is 0 Å². The number of carbonyl (C=O) groups is 4. The van der Waals surface area contributed by atoms with Crippen molar-refractivity contribution < 1.29 is 45.0 Å². The number of unbranched alkanes of at least 4 members (excludes halogenated alkanes) is 10. The molecule has 23 nitrogen and oxygen atoms in total. The number of aromatic nitrogens is 3. The average molecular weight is 1390 g/mol. The van der Waals surface area contributed by atoms with Crippen LogP contribution in [0.25, 0.3) is 33.4 Å². The van der Waals surface area contributed by atoms with E-state index in [1.54, 1.807) is 23.3 Å². The van der Waals surface area contributed by atoms with Crippen molar-refractivity contribution in [1.29, 1.82) is 5.41 Å². The van der Waals surface area contributed by atoms with Crippen molar-refractivity contribution >= 4 is 71.9 Å². The number of imidazole rings is 1. The smallest absolute Gasteiger partial charge is 0.314 e. The van der Waals surface area contributed by atoms with E-state index in [-0.39, 0.29) is 54.2 Å². The Morgan fingerprint density at radius 3 is 2.04 bits per heavy atom. The Hall–Kier alpha value is -7.75. The van der Waals surface area contributed by atoms with Gasteiger partial charge in [0.15, 0.2) is 4.80 Å². The molecule has 8 N–H and O–H groups in total. The first-order valence-corrected chi connectivity index (χ1v) is 38.3. The fourth-order valence-electron chi connectivity index (χ4n) is 12.5. The molecule has 0 unspecified atom stereocenters. The molecule has 2 atom stereocenters. The van der Waals surface area contributed by atoms with Crippen molar-refractivity contribution in [2.75, 3.05) is 70.9 Å². The second kappa shape index (κ2) is 36.7. The summed E-state index contributed by atoms with van der Waals surface area (Å²) in [6.07, 6.45) is 15.9. The van der Waals surface area contributed by atoms with Gasteiger partial charge >= 0.3 is 6.03 Å². The summed E-state index contributed by atoms with van der Waals surface area (Å²) in [6, 6.07) is 23.1. The van der Waals surface area contributed by atoms with E-state index in [0.29, 0.717) is 82.9 Å². The minimum atomic E-state index is -4.93. The van der Waals surface area contributed by atoms with Gasteiger partial charge in [-0.25, -0.2) is 27.5 Å². The van der Waals surface area contributed by atoms with Crippen LogP contribution in [0.4, 0.5) is 10.5 Å². The Morgan fingerprint density at radius 1 is 0.753 bits per heavy atom. The molecule has 1 aliphatic carbocycles. The van der Waals surface area contributed by atoms with Crippen molar-refractivity contribution in [2.45, 2.75) is 171 Å². The number of hydrogen-bond acceptors (Lipinski definition) is 14. The number of nitrogens with zero attached hydrogens (tertiary/aromatic N) is 6. The third-order valence-electron chi connectivity index (χ3n) is 18.2. The molecule has 1 saturated heterocycles. The Balaban J connectivity index is 0.737. The molecule has 8 rings (SSSR count). The van der Waals surface area contributed by atoms with Crippen molar-refractivity contribution in [3.63, 3.8) is 0 Å². The molecule has 0 bridgehead atoms. The summed E-state index contributed by atoms with van der Waals surface area (Å²) in [4.78, 5) is 63.1. The highest BCUT2D eigenvalue weighted by Crippen LogP contribution is 2.43. The highest BCUT2D eigenvalue weighted by atomic mass is 32.2. The molecule has 26 heteroatoms. The SMILES string of the molecule is CCN(CC)c1ccc2c(-c3ccc(S(=O)(=O)NCCCCCCCCCCCCNC(=O)NCCCC[C@H](NC(=O)Cc4csc(=N)n4C)C(=O)N[C@@H](Cc4cn(Cc5ccccc5)cn4)C(=O)NC4CCN(C)CC4)cc3S(=O)(=O)O)c3ccc(=[N+](CC)CC)cc-3oc2c1. The number of carbonyl (C=O) groups excluding carboxylic acids is 4. The normalized spacial score (nSPS) is 13.7. The standard InChI is InChI=1S/C71H99N13O10S3/c1-7-83(8-2)54-29-32-58-63(43-54)94-64-44-55(84(9-3)10-4)30-33-59(64)67(58)60-34-31-57(46-65(60)97(91,92)93)96(89,90)76-39-24-18-16-14-12-11-13-15-17-23-37-73-71(88)74-38-25-22-28-61(78-66(85)45-56-49-95-70(72)81(56)6)68(86)79-62(69(87)77-52-35-40-80(5)41-36-52)42-53-48-82(50-75-53)47-51-26-20-19-21-27-51/h19-21,26-27,29-34,43-44,46,48-50,52,61-62,72,76H,7-18,22-25,28,35-42,45,47H2,1-6H3,(H5-,73,74,77,78,79,85,86,87,88,91,92,93)/p+1/t61-,62-/m0/s1. The first kappa shape index (κ1) is 75.0. The zero-order valence-corrected chi connectivity index (χ0v) is 59.6. The highest BCUT2D eigenvalue weighted by Gasteiger charge is 2.31. The predicted molar refractivity (Wildman–Crippen MR) is 381 cm³/mol. The molecule has 5 aromatic rings. The minimum Gasteiger partial charge on any atom is -0.456 e. The number of amides is 5. The van der Waals surface area contributed by atoms with Gasteiger partial charge < -0.3 is 49.9 Å². The summed E-state index contributed by atoms with van der Waals surface area (Å²) >= 11 is 1.21. The molecule has 5 amide bonds. The van der Waals surface area contributed by atoms with Gasteiger partial charge in [-0.1, -0.05) is 87.8 Å². The van der Waals surface area contributed by atoms with Gasteiger partial charge in [-0.05, 0) is 129 Å². The summed E-state index contributed by atoms with van der Waals surface area (Å²) in [6.45, 7) is 14.6. The quantitative estimate of drug-likeness (QED) is 0.00780. The molecule has 3 aromatic carbocycles. The topological polar surface area (TPSA) is 298 Å². The number of anilines is 1. The molecular weight excluding hydrogens is 1290 g/mol. The molecule has 4 heterocycles. The Morgan fingerprint density at radius 2 is 1.40 bits per heavy atom. The van der Waals surface area contributed by atoms with Crippen molar-refractivity contribution in [1.82, 2.24) is 54.9 Å². The second-order valence-electron chi connectivity index (χ2n) is 25.2. The summed E-state index contributed by atoms with van der Waals surface area (Å²) in [5.74, 6) is -0.691. The predicted octanol–water partition coefficient (Wildman–Crippen LogP) is 8.55. The molecule has 0 spiro atoms. The van der Waals surface area contributed by atoms with E-state index in [4.69, 9.17) is 9.83 Å². The molecule has 2 aliphatic heterocycles. The van der Waals surface area contributed by atoms with Crippen LogP contribution in [-0.2, 0) is 61.0 Å². The van der Waals surface area contributed by atoms with Crippen LogP contribution in [0.15, 0.2) is 117 Å². The van der Waals surface area contributed by atoms with Crippen LogP contribution in [0.2, 0.25) is 0 Å². The van der Waals surface area contributed by atoms with Crippen molar-refractivity contribution in [2.24, 2.45) is 7.05 Å². The molecule has 526 valence electrons. The third kappa shape index (κ3) is 21.9. The number of hydrogen-bond donors (Lipinski definition) is 8. The van der Waals surface area contributed by atoms with Gasteiger partial charge in [-0.3, -0.25) is 24.3 Å². The number of rotatable bonds is 38. The van der Waals surface area contributed by atoms with E-state index in [2.05, 4.69) is 85.4 Å². The molecule has 97 heavy (non-hydrogen) atoms. The summed E-state index contributed by atoms with van der Waals surface area (Å²) < 4.78 is 79.4. The van der Waals surface area contributed by atoms with Crippen LogP contribution in [0, 0.1) is 5.41 Å². The summed E-state index contributed by atoms with van der Waals surface area (Å²) in [5.41, 5.74) is 5.07. The Kier molecular flexibility index (Phi) is 28.4. The third-order valence-corrected chi connectivity index (χ3v) is 21.4. The fraction of sp³-hybridized carbons (Fsp3) is 0.507. The van der Waals surface area contributed by atoms with E-state index in [1.807, 2.05) is 77.5 Å². The second-order valence-corrected chi connectivity index (χ2v) is 29.2. The van der Waals surface area contributed by atoms with E-state index in [0.717, 1.165) is 133 Å². The summed E-state index contributed by atoms with van der Waals surface area (Å²) in [7, 11) is -5.31. The van der Waals surface area contributed by atoms with Crippen LogP contribution in [0.5, 0.6) is 0 Å². The van der Waals surface area contributed by atoms with Crippen LogP contribution >= 0.6 is 11.3 Å². The number of fused-ring (bicyclic) bond motifs is 2. The lowest BCUT2D eigenvalue weighted by molar-refractivity contribution is -0.132. The monoisotopic (exact) mass is 1390 g/mol. The number of piperidine rings is 1. The first-order valence-electron chi connectivity index (χ1n) is 34.5. The van der Waals surface area contributed by atoms with Gasteiger partial charge in [0.25, 0.3) is 10.1 Å². The van der Waals surface area contributed by atoms with Gasteiger partial charge in [-0.2, -0.15) is 8.42 Å². The zero-order valence-electron chi connectivity index (χ0n) is 57.2. The maximum Gasteiger partial charge on any atom is 0.314 e. The van der Waals surface area contributed by atoms with E-state index in [9.17, 15) is 40.6 Å². The summed E-state index contributed by atoms with van der Waals surface area (Å²) in [5, 5.41) is 26.3. The van der Waals surface area contributed by atoms with Gasteiger partial charge in [0.2, 0.25) is 33.1 Å². The Labute approximate surface area is 575 Å². The fourth-order valence-corrected chi connectivity index (χ4v) is 15.2. The van der Waals surface area contributed by atoms with Gasteiger partial charge in [0.1, 0.15) is 41.4 Å². The van der Waals surface area contributed by atoms with E-state index in [1.165, 1.54) is 23.5 Å². The molecular formula is C71H100N13O10S3+. The molecule has 2 aromatic heterocycles. The maximum atomic E-state index is 14.3. The minimum absolute atomic E-state index is 0.0341. The lowest BCUT2D eigenvalue weighted by atomic mass is 9.93. The zero-order chi connectivity index (χ0) is 69.5. The van der Waals surface area contributed by atoms with Gasteiger partial charge in [0, 0.05) is 116 Å². The van der Waals surface area contributed by atoms with E-state index < -0.39 is 48.9 Å². The highest BCUT2D eigenvalue weighted by molar-refractivity contribution is 7.89. The first-order chi connectivity index (χ1) is 46.7. The van der Waals surface area contributed by atoms with Gasteiger partial charge in [-0.15, -0.1) is 11.3 Å². The van der Waals surface area contributed by atoms with Crippen LogP contribution < -0.4 is 50.9 Å². The number of nitrogens with one attached hydrogen (secondary N) is 7. The number of urea groups is 1. The van der Waals surface area contributed by atoms with Gasteiger partial charge in [0.05, 0.1) is 29.4 Å².